The number of primary amides is 1. The monoisotopic (exact) mass is 472 g/mol. The van der Waals surface area contributed by atoms with E-state index in [1.807, 2.05) is 6.07 Å². The molecule has 1 unspecified atom stereocenters. The maximum atomic E-state index is 13.3. The highest BCUT2D eigenvalue weighted by atomic mass is 35.5. The molecule has 0 radical (unpaired) electrons. The van der Waals surface area contributed by atoms with Gasteiger partial charge in [0.1, 0.15) is 11.6 Å². The number of ether oxygens (including phenoxy) is 1. The van der Waals surface area contributed by atoms with Gasteiger partial charge in [-0.15, -0.1) is 0 Å². The molecule has 9 heteroatoms. The van der Waals surface area contributed by atoms with Gasteiger partial charge in [-0.05, 0) is 64.2 Å². The molecular formula is C24H29ClN4O4. The maximum absolute atomic E-state index is 13.3. The Morgan fingerprint density at radius 1 is 1.15 bits per heavy atom. The average Bonchev–Trinajstić information content (AvgIpc) is 2.76. The van der Waals surface area contributed by atoms with Crippen LogP contribution in [0.1, 0.15) is 55.2 Å². The van der Waals surface area contributed by atoms with Gasteiger partial charge in [0, 0.05) is 29.7 Å². The van der Waals surface area contributed by atoms with Crippen LogP contribution in [-0.2, 0) is 22.4 Å². The number of aromatic nitrogens is 1. The Kier molecular flexibility index (Phi) is 6.22. The van der Waals surface area contributed by atoms with Gasteiger partial charge in [-0.1, -0.05) is 17.7 Å². The van der Waals surface area contributed by atoms with Crippen molar-refractivity contribution < 1.29 is 19.1 Å². The fourth-order valence-electron chi connectivity index (χ4n) is 4.43. The highest BCUT2D eigenvalue weighted by molar-refractivity contribution is 6.36. The van der Waals surface area contributed by atoms with Gasteiger partial charge in [0.05, 0.1) is 17.1 Å². The standard InChI is InChI=1S/C24H29ClN4O4/c1-24(2,3)33-23(32)29-11-10-28(13-19(29)21(26)30)22(31)14-8-9-16-18(12-14)27-17-7-5-4-6-15(17)20(16)25/h8-9,12,19H,4-7,10-11,13H2,1-3H3,(H2,26,30). The lowest BCUT2D eigenvalue weighted by Crippen LogP contribution is -2.61. The lowest BCUT2D eigenvalue weighted by molar-refractivity contribution is -0.125. The highest BCUT2D eigenvalue weighted by Gasteiger charge is 2.38. The highest BCUT2D eigenvalue weighted by Crippen LogP contribution is 2.33. The Balaban J connectivity index is 1.56. The molecule has 1 aromatic carbocycles. The molecule has 1 atom stereocenters. The van der Waals surface area contributed by atoms with Crippen molar-refractivity contribution in [2.24, 2.45) is 5.73 Å². The number of fused-ring (bicyclic) bond motifs is 2. The van der Waals surface area contributed by atoms with Crippen molar-refractivity contribution in [2.75, 3.05) is 19.6 Å². The lowest BCUT2D eigenvalue weighted by atomic mass is 9.94. The predicted octanol–water partition coefficient (Wildman–Crippen LogP) is 3.31. The van der Waals surface area contributed by atoms with E-state index in [9.17, 15) is 14.4 Å². The third-order valence-corrected chi connectivity index (χ3v) is 6.50. The third kappa shape index (κ3) is 4.76. The van der Waals surface area contributed by atoms with E-state index in [-0.39, 0.29) is 25.5 Å². The molecule has 1 fully saturated rings. The fourth-order valence-corrected chi connectivity index (χ4v) is 4.80. The molecule has 1 aliphatic carbocycles. The third-order valence-electron chi connectivity index (χ3n) is 6.06. The van der Waals surface area contributed by atoms with E-state index in [4.69, 9.17) is 27.1 Å². The molecule has 0 saturated carbocycles. The van der Waals surface area contributed by atoms with Crippen LogP contribution in [0.15, 0.2) is 18.2 Å². The van der Waals surface area contributed by atoms with Crippen LogP contribution in [0.3, 0.4) is 0 Å². The summed E-state index contributed by atoms with van der Waals surface area (Å²) in [6.45, 7) is 5.67. The van der Waals surface area contributed by atoms with E-state index in [1.165, 1.54) is 9.80 Å². The minimum atomic E-state index is -0.961. The average molecular weight is 473 g/mol. The van der Waals surface area contributed by atoms with Crippen LogP contribution in [0.25, 0.3) is 10.9 Å². The summed E-state index contributed by atoms with van der Waals surface area (Å²) in [4.78, 5) is 45.5. The SMILES string of the molecule is CC(C)(C)OC(=O)N1CCN(C(=O)c2ccc3c(Cl)c4c(nc3c2)CCCC4)CC1C(N)=O. The molecule has 0 bridgehead atoms. The summed E-state index contributed by atoms with van der Waals surface area (Å²) in [5.41, 5.74) is 8.11. The number of aryl methyl sites for hydroxylation is 1. The Labute approximate surface area is 198 Å². The van der Waals surface area contributed by atoms with Crippen LogP contribution in [0.4, 0.5) is 4.79 Å². The van der Waals surface area contributed by atoms with Crippen LogP contribution in [0.2, 0.25) is 5.02 Å². The molecular weight excluding hydrogens is 444 g/mol. The summed E-state index contributed by atoms with van der Waals surface area (Å²) < 4.78 is 5.40. The molecule has 1 aliphatic heterocycles. The van der Waals surface area contributed by atoms with E-state index in [0.29, 0.717) is 16.1 Å². The van der Waals surface area contributed by atoms with Gasteiger partial charge in [-0.3, -0.25) is 19.5 Å². The summed E-state index contributed by atoms with van der Waals surface area (Å²) in [5.74, 6) is -0.931. The summed E-state index contributed by atoms with van der Waals surface area (Å²) in [6.07, 6.45) is 3.38. The molecule has 4 rings (SSSR count). The summed E-state index contributed by atoms with van der Waals surface area (Å²) >= 11 is 6.65. The van der Waals surface area contributed by atoms with E-state index < -0.39 is 23.6 Å². The first-order valence-corrected chi connectivity index (χ1v) is 11.6. The number of hydrogen-bond acceptors (Lipinski definition) is 5. The van der Waals surface area contributed by atoms with Gasteiger partial charge in [0.15, 0.2) is 0 Å². The number of nitrogens with two attached hydrogens (primary N) is 1. The number of nitrogens with zero attached hydrogens (tertiary/aromatic N) is 3. The Morgan fingerprint density at radius 2 is 1.88 bits per heavy atom. The van der Waals surface area contributed by atoms with Crippen molar-refractivity contribution in [2.45, 2.75) is 58.1 Å². The summed E-state index contributed by atoms with van der Waals surface area (Å²) in [5, 5.41) is 1.55. The van der Waals surface area contributed by atoms with Crippen LogP contribution < -0.4 is 5.73 Å². The largest absolute Gasteiger partial charge is 0.444 e. The molecule has 2 aliphatic rings. The van der Waals surface area contributed by atoms with Gasteiger partial charge in [0.2, 0.25) is 5.91 Å². The Hall–Kier alpha value is -2.87. The van der Waals surface area contributed by atoms with Crippen molar-refractivity contribution in [1.29, 1.82) is 0 Å². The molecule has 0 spiro atoms. The Bertz CT molecular complexity index is 1130. The number of hydrogen-bond donors (Lipinski definition) is 1. The second-order valence-corrected chi connectivity index (χ2v) is 10.0. The van der Waals surface area contributed by atoms with Crippen LogP contribution in [-0.4, -0.2) is 64.0 Å². The first-order chi connectivity index (χ1) is 15.5. The zero-order valence-electron chi connectivity index (χ0n) is 19.2. The molecule has 1 aromatic heterocycles. The summed E-state index contributed by atoms with van der Waals surface area (Å²) in [6, 6.07) is 4.35. The van der Waals surface area contributed by atoms with E-state index >= 15 is 0 Å². The van der Waals surface area contributed by atoms with E-state index in [1.54, 1.807) is 32.9 Å². The number of pyridine rings is 1. The van der Waals surface area contributed by atoms with Crippen molar-refractivity contribution in [3.05, 3.63) is 40.0 Å². The summed E-state index contributed by atoms with van der Waals surface area (Å²) in [7, 11) is 0. The number of halogens is 1. The quantitative estimate of drug-likeness (QED) is 0.721. The Morgan fingerprint density at radius 3 is 2.58 bits per heavy atom. The minimum Gasteiger partial charge on any atom is -0.444 e. The van der Waals surface area contributed by atoms with Crippen molar-refractivity contribution in [1.82, 2.24) is 14.8 Å². The zero-order valence-corrected chi connectivity index (χ0v) is 19.9. The number of amides is 3. The minimum absolute atomic E-state index is 0.00379. The predicted molar refractivity (Wildman–Crippen MR) is 125 cm³/mol. The van der Waals surface area contributed by atoms with Crippen molar-refractivity contribution in [3.63, 3.8) is 0 Å². The van der Waals surface area contributed by atoms with E-state index in [0.717, 1.165) is 42.3 Å². The van der Waals surface area contributed by atoms with Gasteiger partial charge >= 0.3 is 6.09 Å². The molecule has 2 heterocycles. The molecule has 3 amide bonds. The molecule has 8 nitrogen and oxygen atoms in total. The smallest absolute Gasteiger partial charge is 0.411 e. The van der Waals surface area contributed by atoms with Crippen molar-refractivity contribution >= 4 is 40.4 Å². The van der Waals surface area contributed by atoms with Crippen LogP contribution >= 0.6 is 11.6 Å². The first kappa shape index (κ1) is 23.3. The zero-order chi connectivity index (χ0) is 23.9. The topological polar surface area (TPSA) is 106 Å². The second kappa shape index (κ2) is 8.82. The molecule has 1 saturated heterocycles. The fraction of sp³-hybridized carbons (Fsp3) is 0.500. The van der Waals surface area contributed by atoms with Gasteiger partial charge in [-0.25, -0.2) is 4.79 Å². The van der Waals surface area contributed by atoms with Crippen LogP contribution in [0.5, 0.6) is 0 Å². The second-order valence-electron chi connectivity index (χ2n) is 9.63. The normalized spacial score (nSPS) is 18.7. The van der Waals surface area contributed by atoms with Gasteiger partial charge < -0.3 is 15.4 Å². The molecule has 33 heavy (non-hydrogen) atoms. The molecule has 2 N–H and O–H groups in total. The number of carbonyl (C=O) groups is 3. The molecule has 2 aromatic rings. The van der Waals surface area contributed by atoms with E-state index in [2.05, 4.69) is 0 Å². The first-order valence-electron chi connectivity index (χ1n) is 11.2. The van der Waals surface area contributed by atoms with Crippen molar-refractivity contribution in [3.8, 4) is 0 Å². The van der Waals surface area contributed by atoms with Crippen LogP contribution in [0, 0.1) is 0 Å². The lowest BCUT2D eigenvalue weighted by Gasteiger charge is -2.40. The number of piperazine rings is 1. The maximum Gasteiger partial charge on any atom is 0.411 e. The van der Waals surface area contributed by atoms with Gasteiger partial charge in [-0.2, -0.15) is 0 Å². The number of carbonyl (C=O) groups excluding carboxylic acids is 3. The number of rotatable bonds is 2. The molecule has 176 valence electrons. The number of benzene rings is 1. The van der Waals surface area contributed by atoms with Gasteiger partial charge in [0.25, 0.3) is 5.91 Å².